The van der Waals surface area contributed by atoms with Crippen LogP contribution in [0.1, 0.15) is 48.5 Å². The van der Waals surface area contributed by atoms with Crippen LogP contribution in [0, 0.1) is 0 Å². The van der Waals surface area contributed by atoms with Gasteiger partial charge in [0.15, 0.2) is 0 Å². The fourth-order valence-corrected chi connectivity index (χ4v) is 2.13. The van der Waals surface area contributed by atoms with E-state index in [1.54, 1.807) is 0 Å². The molecular formula is C21H30F6N4O4. The number of halogens is 6. The first kappa shape index (κ1) is 32.1. The van der Waals surface area contributed by atoms with Crippen LogP contribution < -0.4 is 0 Å². The smallest absolute Gasteiger partial charge is 0.443 e. The van der Waals surface area contributed by atoms with Gasteiger partial charge in [-0.3, -0.25) is 9.98 Å². The van der Waals surface area contributed by atoms with Gasteiger partial charge in [-0.25, -0.2) is 19.5 Å². The Labute approximate surface area is 199 Å². The molecule has 35 heavy (non-hydrogen) atoms. The first-order chi connectivity index (χ1) is 15.6. The number of hydrogen-bond acceptors (Lipinski definition) is 6. The molecule has 0 aliphatic carbocycles. The van der Waals surface area contributed by atoms with Crippen molar-refractivity contribution in [1.82, 2.24) is 4.90 Å². The number of alkyl halides is 6. The van der Waals surface area contributed by atoms with Crippen molar-refractivity contribution >= 4 is 29.9 Å². The van der Waals surface area contributed by atoms with E-state index >= 15 is 0 Å². The van der Waals surface area contributed by atoms with Crippen LogP contribution in [0.3, 0.4) is 0 Å². The average Bonchev–Trinajstić information content (AvgIpc) is 2.59. The molecule has 0 aromatic carbocycles. The summed E-state index contributed by atoms with van der Waals surface area (Å²) in [4.78, 5) is 35.5. The predicted octanol–water partition coefficient (Wildman–Crippen LogP) is 5.77. The van der Waals surface area contributed by atoms with Crippen LogP contribution in [0.2, 0.25) is 0 Å². The number of amidine groups is 1. The Morgan fingerprint density at radius 3 is 1.66 bits per heavy atom. The molecule has 0 aliphatic heterocycles. The number of carbonyl (C=O) groups excluding carboxylic acids is 2. The van der Waals surface area contributed by atoms with Crippen LogP contribution in [0.4, 0.5) is 35.9 Å². The number of ether oxygens (including phenoxy) is 2. The van der Waals surface area contributed by atoms with E-state index in [2.05, 4.69) is 21.6 Å². The molecule has 0 radical (unpaired) electrons. The maximum Gasteiger partial charge on any atom is 0.451 e. The van der Waals surface area contributed by atoms with Gasteiger partial charge in [-0.1, -0.05) is 6.58 Å². The van der Waals surface area contributed by atoms with E-state index in [9.17, 15) is 35.9 Å². The van der Waals surface area contributed by atoms with Crippen molar-refractivity contribution in [3.8, 4) is 0 Å². The number of nitrogens with zero attached hydrogens (tertiary/aromatic N) is 4. The Morgan fingerprint density at radius 1 is 0.886 bits per heavy atom. The molecule has 0 aliphatic rings. The minimum atomic E-state index is -5.01. The van der Waals surface area contributed by atoms with Crippen LogP contribution in [0.15, 0.2) is 27.6 Å². The van der Waals surface area contributed by atoms with E-state index in [-0.39, 0.29) is 11.4 Å². The summed E-state index contributed by atoms with van der Waals surface area (Å²) in [6.45, 7) is 11.6. The van der Waals surface area contributed by atoms with Gasteiger partial charge in [0.2, 0.25) is 5.84 Å². The number of imide groups is 1. The van der Waals surface area contributed by atoms with Gasteiger partial charge in [0.05, 0.1) is 6.54 Å². The van der Waals surface area contributed by atoms with Crippen molar-refractivity contribution in [2.45, 2.75) is 78.1 Å². The zero-order valence-corrected chi connectivity index (χ0v) is 20.5. The molecule has 0 heterocycles. The van der Waals surface area contributed by atoms with Crippen molar-refractivity contribution in [1.29, 1.82) is 0 Å². The van der Waals surface area contributed by atoms with E-state index in [4.69, 9.17) is 9.47 Å². The number of aliphatic imine (C=N–C) groups is 3. The second kappa shape index (κ2) is 12.2. The highest BCUT2D eigenvalue weighted by Crippen LogP contribution is 2.21. The molecule has 0 aromatic rings. The van der Waals surface area contributed by atoms with Gasteiger partial charge in [0.25, 0.3) is 0 Å². The van der Waals surface area contributed by atoms with Crippen LogP contribution in [0.5, 0.6) is 0 Å². The molecule has 14 heteroatoms. The lowest BCUT2D eigenvalue weighted by atomic mass is 10.2. The Balaban J connectivity index is 6.75. The number of rotatable bonds is 6. The zero-order valence-electron chi connectivity index (χ0n) is 20.5. The van der Waals surface area contributed by atoms with E-state index in [0.29, 0.717) is 12.3 Å². The number of hydrogen-bond donors (Lipinski definition) is 0. The summed E-state index contributed by atoms with van der Waals surface area (Å²) in [6, 6.07) is -1.87. The fraction of sp³-hybridized carbons (Fsp3) is 0.667. The van der Waals surface area contributed by atoms with Crippen LogP contribution in [-0.2, 0) is 9.47 Å². The summed E-state index contributed by atoms with van der Waals surface area (Å²) >= 11 is 0. The van der Waals surface area contributed by atoms with Gasteiger partial charge in [0, 0.05) is 12.8 Å². The normalized spacial score (nSPS) is 15.1. The summed E-state index contributed by atoms with van der Waals surface area (Å²) in [5.74, 6) is -1.62. The molecule has 1 atom stereocenters. The fourth-order valence-electron chi connectivity index (χ4n) is 2.13. The van der Waals surface area contributed by atoms with Crippen LogP contribution in [-0.4, -0.2) is 77.5 Å². The zero-order chi connectivity index (χ0) is 27.8. The van der Waals surface area contributed by atoms with E-state index in [0.717, 1.165) is 0 Å². The summed E-state index contributed by atoms with van der Waals surface area (Å²) in [7, 11) is 0. The van der Waals surface area contributed by atoms with Gasteiger partial charge >= 0.3 is 24.5 Å². The third-order valence-corrected chi connectivity index (χ3v) is 3.37. The maximum absolute atomic E-state index is 13.2. The van der Waals surface area contributed by atoms with E-state index < -0.39 is 59.9 Å². The molecule has 1 unspecified atom stereocenters. The van der Waals surface area contributed by atoms with Crippen molar-refractivity contribution in [3.05, 3.63) is 12.7 Å². The third kappa shape index (κ3) is 12.4. The summed E-state index contributed by atoms with van der Waals surface area (Å²) in [5, 5.41) is 0. The molecule has 8 nitrogen and oxygen atoms in total. The van der Waals surface area contributed by atoms with Crippen molar-refractivity contribution in [3.63, 3.8) is 0 Å². The van der Waals surface area contributed by atoms with Gasteiger partial charge < -0.3 is 9.47 Å². The SMILES string of the molecule is C=CC(=NCC(C=NC(=NCC)C(F)(F)F)N(C(=O)OC(C)(C)C)C(=O)OC(C)(C)C)C(F)(F)F. The molecule has 2 amide bonds. The van der Waals surface area contributed by atoms with E-state index in [1.807, 2.05) is 0 Å². The Bertz CT molecular complexity index is 822. The molecule has 0 rings (SSSR count). The average molecular weight is 516 g/mol. The Hall–Kier alpha value is -2.93. The predicted molar refractivity (Wildman–Crippen MR) is 119 cm³/mol. The molecule has 0 spiro atoms. The number of amides is 2. The minimum absolute atomic E-state index is 0.209. The molecule has 200 valence electrons. The Morgan fingerprint density at radius 2 is 1.34 bits per heavy atom. The molecule has 0 saturated carbocycles. The molecule has 0 N–H and O–H groups in total. The molecule has 0 saturated heterocycles. The lowest BCUT2D eigenvalue weighted by Crippen LogP contribution is -2.51. The van der Waals surface area contributed by atoms with Crippen LogP contribution in [0.25, 0.3) is 0 Å². The molecule has 0 bridgehead atoms. The number of carbonyl (C=O) groups is 2. The monoisotopic (exact) mass is 516 g/mol. The number of allylic oxidation sites excluding steroid dienone is 1. The van der Waals surface area contributed by atoms with Crippen molar-refractivity contribution < 1.29 is 45.4 Å². The first-order valence-corrected chi connectivity index (χ1v) is 10.3. The standard InChI is InChI=1S/C21H30F6N4O4/c1-9-14(20(22,23)24)29-11-13(12-30-15(28-10-2)21(25,26)27)31(16(32)34-18(3,4)5)17(33)35-19(6,7)8/h9,12-13H,1,10-11H2,2-8H3. The maximum atomic E-state index is 13.2. The molecule has 0 fully saturated rings. The van der Waals surface area contributed by atoms with Gasteiger partial charge in [-0.15, -0.1) is 0 Å². The highest BCUT2D eigenvalue weighted by atomic mass is 19.4. The topological polar surface area (TPSA) is 92.9 Å². The highest BCUT2D eigenvalue weighted by Gasteiger charge is 2.39. The summed E-state index contributed by atoms with van der Waals surface area (Å²) in [5.41, 5.74) is -3.84. The largest absolute Gasteiger partial charge is 0.451 e. The van der Waals surface area contributed by atoms with Crippen LogP contribution >= 0.6 is 0 Å². The van der Waals surface area contributed by atoms with Crippen molar-refractivity contribution in [2.24, 2.45) is 15.0 Å². The highest BCUT2D eigenvalue weighted by molar-refractivity contribution is 6.00. The summed E-state index contributed by atoms with van der Waals surface area (Å²) < 4.78 is 89.2. The van der Waals surface area contributed by atoms with Crippen molar-refractivity contribution in [2.75, 3.05) is 13.1 Å². The summed E-state index contributed by atoms with van der Waals surface area (Å²) in [6.07, 6.45) is -11.9. The molecule has 0 aromatic heterocycles. The van der Waals surface area contributed by atoms with E-state index in [1.165, 1.54) is 48.5 Å². The lowest BCUT2D eigenvalue weighted by Gasteiger charge is -2.31. The lowest BCUT2D eigenvalue weighted by molar-refractivity contribution is -0.0601. The van der Waals surface area contributed by atoms with Gasteiger partial charge in [0.1, 0.15) is 23.0 Å². The minimum Gasteiger partial charge on any atom is -0.443 e. The van der Waals surface area contributed by atoms with Gasteiger partial charge in [-0.05, 0) is 54.5 Å². The third-order valence-electron chi connectivity index (χ3n) is 3.37. The Kier molecular flexibility index (Phi) is 11.1. The second-order valence-electron chi connectivity index (χ2n) is 8.90. The van der Waals surface area contributed by atoms with Gasteiger partial charge in [-0.2, -0.15) is 26.3 Å². The molecular weight excluding hydrogens is 486 g/mol. The first-order valence-electron chi connectivity index (χ1n) is 10.3. The quantitative estimate of drug-likeness (QED) is 0.255. The second-order valence-corrected chi connectivity index (χ2v) is 8.90.